The quantitative estimate of drug-likeness (QED) is 0.117. The number of nitrogens with zero attached hydrogens (tertiary/aromatic N) is 1. The van der Waals surface area contributed by atoms with E-state index >= 15 is 4.39 Å². The molecule has 0 aliphatic heterocycles. The van der Waals surface area contributed by atoms with Gasteiger partial charge >= 0.3 is 6.36 Å². The molecule has 0 aliphatic rings. The monoisotopic (exact) mass is 573 g/mol. The Balaban J connectivity index is 1.37. The number of fused-ring (bicyclic) bond motifs is 1. The first-order valence-electron chi connectivity index (χ1n) is 14.0. The van der Waals surface area contributed by atoms with Crippen LogP contribution in [0.15, 0.2) is 60.8 Å². The molecule has 0 N–H and O–H groups in total. The summed E-state index contributed by atoms with van der Waals surface area (Å²) < 4.78 is 83.9. The zero-order chi connectivity index (χ0) is 29.4. The van der Waals surface area contributed by atoms with Crippen molar-refractivity contribution in [2.24, 2.45) is 0 Å². The molecule has 0 radical (unpaired) electrons. The van der Waals surface area contributed by atoms with E-state index in [0.717, 1.165) is 48.0 Å². The summed E-state index contributed by atoms with van der Waals surface area (Å²) in [7, 11) is 0. The molecule has 8 heteroatoms. The molecule has 41 heavy (non-hydrogen) atoms. The number of hydrogen-bond acceptors (Lipinski definition) is 2. The zero-order valence-electron chi connectivity index (χ0n) is 23.0. The summed E-state index contributed by atoms with van der Waals surface area (Å²) in [4.78, 5) is 4.51. The van der Waals surface area contributed by atoms with Gasteiger partial charge in [0, 0.05) is 17.3 Å². The highest BCUT2D eigenvalue weighted by molar-refractivity contribution is 5.84. The van der Waals surface area contributed by atoms with Gasteiger partial charge in [0.05, 0.1) is 0 Å². The molecule has 4 aromatic rings. The molecule has 0 saturated heterocycles. The van der Waals surface area contributed by atoms with E-state index in [9.17, 15) is 22.0 Å². The molecule has 2 nitrogen and oxygen atoms in total. The van der Waals surface area contributed by atoms with E-state index in [-0.39, 0.29) is 18.4 Å². The predicted octanol–water partition coefficient (Wildman–Crippen LogP) is 9.63. The second-order valence-corrected chi connectivity index (χ2v) is 10.4. The molecule has 0 unspecified atom stereocenters. The molecule has 4 rings (SSSR count). The first kappa shape index (κ1) is 30.4. The SMILES string of the molecule is CCCCCCCc1ccnc(CCc2ccc3c(F)c(CCc4cc(F)c(OC(F)(F)F)c(F)c4)ccc3c2)c1. The smallest absolute Gasteiger partial charge is 0.399 e. The fraction of sp³-hybridized carbons (Fsp3) is 0.364. The Kier molecular flexibility index (Phi) is 10.3. The Morgan fingerprint density at radius 1 is 0.683 bits per heavy atom. The van der Waals surface area contributed by atoms with Gasteiger partial charge in [-0.15, -0.1) is 13.2 Å². The van der Waals surface area contributed by atoms with Gasteiger partial charge in [-0.05, 0) is 90.4 Å². The first-order chi connectivity index (χ1) is 19.6. The number of benzene rings is 3. The molecule has 1 aromatic heterocycles. The zero-order valence-corrected chi connectivity index (χ0v) is 23.0. The molecule has 218 valence electrons. The highest BCUT2D eigenvalue weighted by Crippen LogP contribution is 2.30. The maximum atomic E-state index is 15.3. The van der Waals surface area contributed by atoms with Gasteiger partial charge in [0.25, 0.3) is 0 Å². The largest absolute Gasteiger partial charge is 0.573 e. The van der Waals surface area contributed by atoms with Crippen LogP contribution < -0.4 is 4.74 Å². The van der Waals surface area contributed by atoms with Crippen molar-refractivity contribution in [3.05, 3.63) is 106 Å². The summed E-state index contributed by atoms with van der Waals surface area (Å²) in [6.07, 6.45) is 5.59. The normalized spacial score (nSPS) is 11.8. The molecule has 0 fully saturated rings. The Morgan fingerprint density at radius 3 is 2.12 bits per heavy atom. The summed E-state index contributed by atoms with van der Waals surface area (Å²) in [6, 6.07) is 14.8. The van der Waals surface area contributed by atoms with E-state index in [1.54, 1.807) is 18.2 Å². The minimum atomic E-state index is -5.22. The topological polar surface area (TPSA) is 22.1 Å². The van der Waals surface area contributed by atoms with Crippen LogP contribution in [0.5, 0.6) is 5.75 Å². The lowest BCUT2D eigenvalue weighted by Gasteiger charge is -2.12. The average Bonchev–Trinajstić information content (AvgIpc) is 2.93. The van der Waals surface area contributed by atoms with E-state index in [1.165, 1.54) is 37.7 Å². The van der Waals surface area contributed by atoms with Crippen molar-refractivity contribution in [2.45, 2.75) is 77.5 Å². The van der Waals surface area contributed by atoms with E-state index < -0.39 is 29.6 Å². The second kappa shape index (κ2) is 13.9. The van der Waals surface area contributed by atoms with Crippen LogP contribution in [0, 0.1) is 17.5 Å². The Morgan fingerprint density at radius 2 is 1.39 bits per heavy atom. The van der Waals surface area contributed by atoms with Crippen LogP contribution in [0.25, 0.3) is 10.8 Å². The first-order valence-corrected chi connectivity index (χ1v) is 14.0. The fourth-order valence-corrected chi connectivity index (χ4v) is 5.01. The Labute approximate surface area is 236 Å². The molecule has 0 amide bonds. The second-order valence-electron chi connectivity index (χ2n) is 10.4. The number of aromatic nitrogens is 1. The number of aryl methyl sites for hydroxylation is 5. The Hall–Kier alpha value is -3.55. The third-order valence-electron chi connectivity index (χ3n) is 7.18. The summed E-state index contributed by atoms with van der Waals surface area (Å²) >= 11 is 0. The summed E-state index contributed by atoms with van der Waals surface area (Å²) in [6.45, 7) is 2.21. The standard InChI is InChI=1S/C33H33F6NO/c1-2-3-4-5-6-7-22-16-17-40-27(19-22)14-9-23-10-15-28-26(18-23)13-12-25(31(28)36)11-8-24-20-29(34)32(30(35)21-24)41-33(37,38)39/h10,12-13,15-21H,2-9,11,14H2,1H3. The molecule has 0 saturated carbocycles. The third kappa shape index (κ3) is 8.72. The van der Waals surface area contributed by atoms with Crippen molar-refractivity contribution in [3.8, 4) is 5.75 Å². The van der Waals surface area contributed by atoms with Crippen molar-refractivity contribution >= 4 is 10.8 Å². The number of alkyl halides is 3. The van der Waals surface area contributed by atoms with Crippen LogP contribution >= 0.6 is 0 Å². The van der Waals surface area contributed by atoms with E-state index in [0.29, 0.717) is 10.9 Å². The number of pyridine rings is 1. The van der Waals surface area contributed by atoms with Gasteiger partial charge in [-0.2, -0.15) is 0 Å². The van der Waals surface area contributed by atoms with E-state index in [1.807, 2.05) is 18.3 Å². The lowest BCUT2D eigenvalue weighted by molar-refractivity contribution is -0.276. The molecule has 0 bridgehead atoms. The molecule has 0 atom stereocenters. The van der Waals surface area contributed by atoms with Crippen LogP contribution in [-0.4, -0.2) is 11.3 Å². The van der Waals surface area contributed by atoms with Gasteiger partial charge in [0.15, 0.2) is 11.6 Å². The summed E-state index contributed by atoms with van der Waals surface area (Å²) in [5.41, 5.74) is 3.83. The minimum absolute atomic E-state index is 0.0332. The number of ether oxygens (including phenoxy) is 1. The maximum absolute atomic E-state index is 15.3. The number of halogens is 6. The van der Waals surface area contributed by atoms with Gasteiger partial charge in [-0.1, -0.05) is 62.9 Å². The lowest BCUT2D eigenvalue weighted by Crippen LogP contribution is -2.19. The van der Waals surface area contributed by atoms with Crippen molar-refractivity contribution in [2.75, 3.05) is 0 Å². The number of hydrogen-bond donors (Lipinski definition) is 0. The maximum Gasteiger partial charge on any atom is 0.573 e. The predicted molar refractivity (Wildman–Crippen MR) is 148 cm³/mol. The third-order valence-corrected chi connectivity index (χ3v) is 7.18. The number of rotatable bonds is 13. The molecular formula is C33H33F6NO. The number of unbranched alkanes of at least 4 members (excludes halogenated alkanes) is 4. The highest BCUT2D eigenvalue weighted by atomic mass is 19.4. The van der Waals surface area contributed by atoms with Crippen LogP contribution in [0.1, 0.15) is 67.0 Å². The lowest BCUT2D eigenvalue weighted by atomic mass is 9.97. The van der Waals surface area contributed by atoms with Crippen molar-refractivity contribution in [1.29, 1.82) is 0 Å². The van der Waals surface area contributed by atoms with E-state index in [4.69, 9.17) is 0 Å². The van der Waals surface area contributed by atoms with Gasteiger partial charge in [-0.25, -0.2) is 13.2 Å². The van der Waals surface area contributed by atoms with E-state index in [2.05, 4.69) is 28.8 Å². The van der Waals surface area contributed by atoms with Crippen LogP contribution in [-0.2, 0) is 32.1 Å². The molecular weight excluding hydrogens is 540 g/mol. The van der Waals surface area contributed by atoms with Gasteiger partial charge in [0.2, 0.25) is 5.75 Å². The van der Waals surface area contributed by atoms with Crippen LogP contribution in [0.2, 0.25) is 0 Å². The molecule has 3 aromatic carbocycles. The van der Waals surface area contributed by atoms with Crippen molar-refractivity contribution < 1.29 is 31.1 Å². The van der Waals surface area contributed by atoms with Crippen LogP contribution in [0.4, 0.5) is 26.3 Å². The molecule has 0 aliphatic carbocycles. The van der Waals surface area contributed by atoms with Gasteiger partial charge in [-0.3, -0.25) is 4.98 Å². The van der Waals surface area contributed by atoms with Gasteiger partial charge in [0.1, 0.15) is 5.82 Å². The summed E-state index contributed by atoms with van der Waals surface area (Å²) in [5.74, 6) is -4.86. The Bertz CT molecular complexity index is 1440. The summed E-state index contributed by atoms with van der Waals surface area (Å²) in [5, 5.41) is 1.17. The fourth-order valence-electron chi connectivity index (χ4n) is 5.01. The minimum Gasteiger partial charge on any atom is -0.399 e. The molecule has 0 spiro atoms. The van der Waals surface area contributed by atoms with Crippen LogP contribution in [0.3, 0.4) is 0 Å². The molecule has 1 heterocycles. The van der Waals surface area contributed by atoms with Crippen molar-refractivity contribution in [3.63, 3.8) is 0 Å². The average molecular weight is 574 g/mol. The van der Waals surface area contributed by atoms with Crippen molar-refractivity contribution in [1.82, 2.24) is 4.98 Å². The van der Waals surface area contributed by atoms with Gasteiger partial charge < -0.3 is 4.74 Å². The highest BCUT2D eigenvalue weighted by Gasteiger charge is 2.34.